The summed E-state index contributed by atoms with van der Waals surface area (Å²) in [7, 11) is 0. The van der Waals surface area contributed by atoms with Gasteiger partial charge in [-0.1, -0.05) is 30.7 Å². The van der Waals surface area contributed by atoms with E-state index in [4.69, 9.17) is 0 Å². The van der Waals surface area contributed by atoms with Crippen LogP contribution in [0.25, 0.3) is 0 Å². The second-order valence-electron chi connectivity index (χ2n) is 3.80. The Labute approximate surface area is 84.8 Å². The van der Waals surface area contributed by atoms with Crippen LogP contribution in [0.5, 0.6) is 5.75 Å². The number of phenols is 1. The highest BCUT2D eigenvalue weighted by atomic mass is 16.3. The maximum absolute atomic E-state index is 9.24. The zero-order valence-corrected chi connectivity index (χ0v) is 8.16. The van der Waals surface area contributed by atoms with Crippen molar-refractivity contribution >= 4 is 0 Å². The molecule has 1 aromatic carbocycles. The molecule has 1 heteroatoms. The van der Waals surface area contributed by atoms with Gasteiger partial charge in [0.05, 0.1) is 0 Å². The molecule has 1 nitrogen and oxygen atoms in total. The van der Waals surface area contributed by atoms with Crippen molar-refractivity contribution in [1.82, 2.24) is 0 Å². The second kappa shape index (κ2) is 4.19. The lowest BCUT2D eigenvalue weighted by atomic mass is 10.1. The van der Waals surface area contributed by atoms with Gasteiger partial charge in [-0.3, -0.25) is 0 Å². The van der Waals surface area contributed by atoms with Gasteiger partial charge in [0.15, 0.2) is 0 Å². The largest absolute Gasteiger partial charge is 0.508 e. The normalized spacial score (nSPS) is 16.3. The Hall–Kier alpha value is -1.42. The molecule has 0 aliphatic heterocycles. The van der Waals surface area contributed by atoms with E-state index in [1.165, 1.54) is 25.7 Å². The van der Waals surface area contributed by atoms with Crippen molar-refractivity contribution < 1.29 is 5.11 Å². The van der Waals surface area contributed by atoms with E-state index in [2.05, 4.69) is 11.8 Å². The van der Waals surface area contributed by atoms with Crippen molar-refractivity contribution in [3.05, 3.63) is 29.8 Å². The van der Waals surface area contributed by atoms with E-state index in [0.717, 1.165) is 5.56 Å². The Bertz CT molecular complexity index is 364. The zero-order valence-electron chi connectivity index (χ0n) is 8.16. The molecule has 0 bridgehead atoms. The zero-order chi connectivity index (χ0) is 9.80. The van der Waals surface area contributed by atoms with Crippen molar-refractivity contribution in [1.29, 1.82) is 0 Å². The minimum atomic E-state index is 0.295. The summed E-state index contributed by atoms with van der Waals surface area (Å²) < 4.78 is 0. The first-order chi connectivity index (χ1) is 6.84. The van der Waals surface area contributed by atoms with Gasteiger partial charge in [0.25, 0.3) is 0 Å². The van der Waals surface area contributed by atoms with Crippen LogP contribution in [0.4, 0.5) is 0 Å². The molecule has 1 N–H and O–H groups in total. The molecule has 0 radical (unpaired) electrons. The number of benzene rings is 1. The lowest BCUT2D eigenvalue weighted by Gasteiger charge is -1.96. The quantitative estimate of drug-likeness (QED) is 0.618. The first-order valence-electron chi connectivity index (χ1n) is 5.15. The average Bonchev–Trinajstić information content (AvgIpc) is 2.67. The first-order valence-corrected chi connectivity index (χ1v) is 5.15. The Kier molecular flexibility index (Phi) is 2.74. The van der Waals surface area contributed by atoms with Gasteiger partial charge in [0, 0.05) is 11.5 Å². The molecule has 0 heterocycles. The van der Waals surface area contributed by atoms with Gasteiger partial charge in [-0.15, -0.1) is 0 Å². The lowest BCUT2D eigenvalue weighted by molar-refractivity contribution is 0.475. The third-order valence-electron chi connectivity index (χ3n) is 2.62. The number of rotatable bonds is 0. The summed E-state index contributed by atoms with van der Waals surface area (Å²) in [6.45, 7) is 0. The van der Waals surface area contributed by atoms with Crippen LogP contribution in [0.2, 0.25) is 0 Å². The van der Waals surface area contributed by atoms with Crippen molar-refractivity contribution in [2.24, 2.45) is 5.92 Å². The fourth-order valence-corrected chi connectivity index (χ4v) is 1.84. The van der Waals surface area contributed by atoms with Gasteiger partial charge >= 0.3 is 0 Å². The third-order valence-corrected chi connectivity index (χ3v) is 2.62. The van der Waals surface area contributed by atoms with E-state index in [1.54, 1.807) is 12.1 Å². The predicted octanol–water partition coefficient (Wildman–Crippen LogP) is 2.93. The average molecular weight is 186 g/mol. The van der Waals surface area contributed by atoms with Crippen LogP contribution in [-0.4, -0.2) is 5.11 Å². The molecule has 1 saturated carbocycles. The fraction of sp³-hybridized carbons (Fsp3) is 0.385. The SMILES string of the molecule is Oc1cccc(C#CC2CCCC2)c1. The number of hydrogen-bond donors (Lipinski definition) is 1. The summed E-state index contributed by atoms with van der Waals surface area (Å²) in [5.41, 5.74) is 0.914. The molecule has 0 atom stereocenters. The molecular weight excluding hydrogens is 172 g/mol. The van der Waals surface area contributed by atoms with Crippen LogP contribution in [0, 0.1) is 17.8 Å². The lowest BCUT2D eigenvalue weighted by Crippen LogP contribution is -1.86. The minimum Gasteiger partial charge on any atom is -0.508 e. The Morgan fingerprint density at radius 3 is 2.71 bits per heavy atom. The van der Waals surface area contributed by atoms with E-state index in [1.807, 2.05) is 12.1 Å². The van der Waals surface area contributed by atoms with Crippen LogP contribution in [0.3, 0.4) is 0 Å². The summed E-state index contributed by atoms with van der Waals surface area (Å²) in [4.78, 5) is 0. The highest BCUT2D eigenvalue weighted by Crippen LogP contribution is 2.23. The fourth-order valence-electron chi connectivity index (χ4n) is 1.84. The Morgan fingerprint density at radius 2 is 2.00 bits per heavy atom. The Morgan fingerprint density at radius 1 is 1.21 bits per heavy atom. The van der Waals surface area contributed by atoms with Crippen LogP contribution >= 0.6 is 0 Å². The number of aromatic hydroxyl groups is 1. The van der Waals surface area contributed by atoms with E-state index in [0.29, 0.717) is 11.7 Å². The maximum Gasteiger partial charge on any atom is 0.116 e. The summed E-state index contributed by atoms with van der Waals surface area (Å²) in [6, 6.07) is 7.14. The number of hydrogen-bond acceptors (Lipinski definition) is 1. The summed E-state index contributed by atoms with van der Waals surface area (Å²) >= 11 is 0. The molecule has 0 spiro atoms. The van der Waals surface area contributed by atoms with E-state index in [-0.39, 0.29) is 0 Å². The molecule has 1 fully saturated rings. The smallest absolute Gasteiger partial charge is 0.116 e. The van der Waals surface area contributed by atoms with Gasteiger partial charge in [0.2, 0.25) is 0 Å². The van der Waals surface area contributed by atoms with Gasteiger partial charge in [-0.25, -0.2) is 0 Å². The summed E-state index contributed by atoms with van der Waals surface area (Å²) in [5, 5.41) is 9.24. The van der Waals surface area contributed by atoms with Crippen LogP contribution in [0.1, 0.15) is 31.2 Å². The summed E-state index contributed by atoms with van der Waals surface area (Å²) in [5.74, 6) is 7.26. The van der Waals surface area contributed by atoms with Crippen LogP contribution in [0.15, 0.2) is 24.3 Å². The van der Waals surface area contributed by atoms with Crippen molar-refractivity contribution in [2.75, 3.05) is 0 Å². The molecule has 14 heavy (non-hydrogen) atoms. The predicted molar refractivity (Wildman–Crippen MR) is 56.9 cm³/mol. The Balaban J connectivity index is 2.08. The van der Waals surface area contributed by atoms with Crippen LogP contribution in [-0.2, 0) is 0 Å². The number of phenolic OH excluding ortho intramolecular Hbond substituents is 1. The summed E-state index contributed by atoms with van der Waals surface area (Å²) in [6.07, 6.45) is 5.12. The van der Waals surface area contributed by atoms with Crippen molar-refractivity contribution in [2.45, 2.75) is 25.7 Å². The van der Waals surface area contributed by atoms with E-state index < -0.39 is 0 Å². The van der Waals surface area contributed by atoms with Crippen molar-refractivity contribution in [3.8, 4) is 17.6 Å². The highest BCUT2D eigenvalue weighted by Gasteiger charge is 2.11. The molecule has 1 aliphatic rings. The van der Waals surface area contributed by atoms with Gasteiger partial charge in [-0.05, 0) is 31.0 Å². The van der Waals surface area contributed by atoms with E-state index in [9.17, 15) is 5.11 Å². The van der Waals surface area contributed by atoms with Gasteiger partial charge < -0.3 is 5.11 Å². The molecule has 0 unspecified atom stereocenters. The molecular formula is C13H14O. The topological polar surface area (TPSA) is 20.2 Å². The molecule has 0 saturated heterocycles. The molecule has 1 aromatic rings. The van der Waals surface area contributed by atoms with Gasteiger partial charge in [-0.2, -0.15) is 0 Å². The second-order valence-corrected chi connectivity index (χ2v) is 3.80. The molecule has 2 rings (SSSR count). The first kappa shape index (κ1) is 9.15. The maximum atomic E-state index is 9.24. The van der Waals surface area contributed by atoms with Crippen molar-refractivity contribution in [3.63, 3.8) is 0 Å². The van der Waals surface area contributed by atoms with E-state index >= 15 is 0 Å². The highest BCUT2D eigenvalue weighted by molar-refractivity contribution is 5.39. The molecule has 1 aliphatic carbocycles. The molecule has 0 aromatic heterocycles. The molecule has 0 amide bonds. The monoisotopic (exact) mass is 186 g/mol. The molecule has 72 valence electrons. The van der Waals surface area contributed by atoms with Gasteiger partial charge in [0.1, 0.15) is 5.75 Å². The third kappa shape index (κ3) is 2.29. The standard InChI is InChI=1S/C13H14O/c14-13-7-3-6-12(10-13)9-8-11-4-1-2-5-11/h3,6-7,10-11,14H,1-2,4-5H2. The minimum absolute atomic E-state index is 0.295. The van der Waals surface area contributed by atoms with Crippen LogP contribution < -0.4 is 0 Å².